The summed E-state index contributed by atoms with van der Waals surface area (Å²) in [6.07, 6.45) is 0.911. The highest BCUT2D eigenvalue weighted by molar-refractivity contribution is 5.65. The number of nitrogens with zero attached hydrogens (tertiary/aromatic N) is 2. The van der Waals surface area contributed by atoms with Crippen molar-refractivity contribution in [3.8, 4) is 11.3 Å². The van der Waals surface area contributed by atoms with Crippen LogP contribution in [0.2, 0.25) is 0 Å². The molecule has 4 nitrogen and oxygen atoms in total. The van der Waals surface area contributed by atoms with Gasteiger partial charge >= 0.3 is 0 Å². The number of hydrogen-bond donors (Lipinski definition) is 1. The fourth-order valence-electron chi connectivity index (χ4n) is 1.91. The fourth-order valence-corrected chi connectivity index (χ4v) is 1.91. The number of aryl methyl sites for hydroxylation is 2. The average Bonchev–Trinajstić information content (AvgIpc) is 2.39. The van der Waals surface area contributed by atoms with Gasteiger partial charge in [0.25, 0.3) is 5.56 Å². The molecule has 18 heavy (non-hydrogen) atoms. The third-order valence-corrected chi connectivity index (χ3v) is 2.99. The van der Waals surface area contributed by atoms with Crippen molar-refractivity contribution >= 4 is 5.69 Å². The Hall–Kier alpha value is -2.10. The first kappa shape index (κ1) is 12.4. The summed E-state index contributed by atoms with van der Waals surface area (Å²) in [6.45, 7) is 4.53. The van der Waals surface area contributed by atoms with Gasteiger partial charge in [-0.1, -0.05) is 19.1 Å². The van der Waals surface area contributed by atoms with Gasteiger partial charge in [-0.3, -0.25) is 4.79 Å². The van der Waals surface area contributed by atoms with Gasteiger partial charge in [0.1, 0.15) is 0 Å². The topological polar surface area (TPSA) is 60.9 Å². The van der Waals surface area contributed by atoms with Crippen LogP contribution in [-0.4, -0.2) is 9.78 Å². The van der Waals surface area contributed by atoms with E-state index < -0.39 is 0 Å². The van der Waals surface area contributed by atoms with Crippen LogP contribution in [0.5, 0.6) is 0 Å². The Bertz CT molecular complexity index is 617. The standard InChI is InChI=1S/C14H17N3O/c1-3-10-5-6-11(9-12(10)15)13-7-8-14(18)17(4-2)16-13/h5-9H,3-4,15H2,1-2H3. The lowest BCUT2D eigenvalue weighted by Gasteiger charge is -2.08. The predicted molar refractivity (Wildman–Crippen MR) is 73.4 cm³/mol. The molecule has 0 bridgehead atoms. The van der Waals surface area contributed by atoms with E-state index in [1.54, 1.807) is 6.07 Å². The van der Waals surface area contributed by atoms with Crippen LogP contribution < -0.4 is 11.3 Å². The molecule has 0 aliphatic carbocycles. The minimum Gasteiger partial charge on any atom is -0.398 e. The van der Waals surface area contributed by atoms with Crippen LogP contribution in [0, 0.1) is 0 Å². The second-order valence-electron chi connectivity index (χ2n) is 4.14. The first-order valence-corrected chi connectivity index (χ1v) is 6.12. The van der Waals surface area contributed by atoms with Crippen LogP contribution >= 0.6 is 0 Å². The Kier molecular flexibility index (Phi) is 3.46. The summed E-state index contributed by atoms with van der Waals surface area (Å²) in [5.74, 6) is 0. The van der Waals surface area contributed by atoms with Crippen LogP contribution in [0.3, 0.4) is 0 Å². The van der Waals surface area contributed by atoms with Gasteiger partial charge in [-0.2, -0.15) is 5.10 Å². The number of nitrogen functional groups attached to an aromatic ring is 1. The molecule has 1 aromatic heterocycles. The predicted octanol–water partition coefficient (Wildman–Crippen LogP) is 2.07. The Morgan fingerprint density at radius 3 is 2.61 bits per heavy atom. The van der Waals surface area contributed by atoms with Crippen molar-refractivity contribution < 1.29 is 0 Å². The third-order valence-electron chi connectivity index (χ3n) is 2.99. The molecule has 0 amide bonds. The van der Waals surface area contributed by atoms with Crippen molar-refractivity contribution in [3.63, 3.8) is 0 Å². The van der Waals surface area contributed by atoms with Crippen LogP contribution in [0.15, 0.2) is 35.1 Å². The van der Waals surface area contributed by atoms with Gasteiger partial charge in [0.05, 0.1) is 5.69 Å². The van der Waals surface area contributed by atoms with E-state index in [-0.39, 0.29) is 5.56 Å². The average molecular weight is 243 g/mol. The van der Waals surface area contributed by atoms with E-state index in [4.69, 9.17) is 5.73 Å². The Morgan fingerprint density at radius 2 is 2.00 bits per heavy atom. The van der Waals surface area contributed by atoms with Crippen molar-refractivity contribution in [1.82, 2.24) is 9.78 Å². The lowest BCUT2D eigenvalue weighted by atomic mass is 10.1. The second kappa shape index (κ2) is 5.04. The number of benzene rings is 1. The minimum absolute atomic E-state index is 0.0839. The van der Waals surface area contributed by atoms with Gasteiger partial charge in [-0.25, -0.2) is 4.68 Å². The minimum atomic E-state index is -0.0839. The molecule has 0 aliphatic heterocycles. The summed E-state index contributed by atoms with van der Waals surface area (Å²) in [6, 6.07) is 9.17. The quantitative estimate of drug-likeness (QED) is 0.839. The molecule has 0 unspecified atom stereocenters. The van der Waals surface area contributed by atoms with Gasteiger partial charge < -0.3 is 5.73 Å². The first-order valence-electron chi connectivity index (χ1n) is 6.12. The van der Waals surface area contributed by atoms with Gasteiger partial charge in [-0.05, 0) is 31.0 Å². The summed E-state index contributed by atoms with van der Waals surface area (Å²) in [7, 11) is 0. The Morgan fingerprint density at radius 1 is 1.22 bits per heavy atom. The highest BCUT2D eigenvalue weighted by Crippen LogP contribution is 2.22. The molecule has 0 saturated carbocycles. The van der Waals surface area contributed by atoms with Gasteiger partial charge in [0, 0.05) is 23.9 Å². The fraction of sp³-hybridized carbons (Fsp3) is 0.286. The van der Waals surface area contributed by atoms with Crippen LogP contribution in [-0.2, 0) is 13.0 Å². The summed E-state index contributed by atoms with van der Waals surface area (Å²) in [5, 5.41) is 4.31. The van der Waals surface area contributed by atoms with E-state index in [0.717, 1.165) is 28.9 Å². The van der Waals surface area contributed by atoms with E-state index in [1.165, 1.54) is 10.7 Å². The van der Waals surface area contributed by atoms with Gasteiger partial charge in [0.15, 0.2) is 0 Å². The largest absolute Gasteiger partial charge is 0.398 e. The van der Waals surface area contributed by atoms with E-state index in [1.807, 2.05) is 25.1 Å². The van der Waals surface area contributed by atoms with Crippen LogP contribution in [0.25, 0.3) is 11.3 Å². The summed E-state index contributed by atoms with van der Waals surface area (Å²) >= 11 is 0. The van der Waals surface area contributed by atoms with Gasteiger partial charge in [0.2, 0.25) is 0 Å². The normalized spacial score (nSPS) is 10.6. The Labute approximate surface area is 106 Å². The van der Waals surface area contributed by atoms with E-state index in [0.29, 0.717) is 6.54 Å². The molecule has 0 radical (unpaired) electrons. The van der Waals surface area contributed by atoms with E-state index in [9.17, 15) is 4.79 Å². The molecule has 0 spiro atoms. The number of rotatable bonds is 3. The lowest BCUT2D eigenvalue weighted by molar-refractivity contribution is 0.619. The zero-order valence-corrected chi connectivity index (χ0v) is 10.7. The van der Waals surface area contributed by atoms with E-state index in [2.05, 4.69) is 12.0 Å². The lowest BCUT2D eigenvalue weighted by Crippen LogP contribution is -2.21. The molecular formula is C14H17N3O. The molecule has 94 valence electrons. The van der Waals surface area contributed by atoms with Crippen LogP contribution in [0.4, 0.5) is 5.69 Å². The smallest absolute Gasteiger partial charge is 0.266 e. The monoisotopic (exact) mass is 243 g/mol. The highest BCUT2D eigenvalue weighted by atomic mass is 16.1. The summed E-state index contributed by atoms with van der Waals surface area (Å²) in [4.78, 5) is 11.5. The molecule has 2 N–H and O–H groups in total. The maximum Gasteiger partial charge on any atom is 0.266 e. The van der Waals surface area contributed by atoms with Crippen molar-refractivity contribution in [3.05, 3.63) is 46.2 Å². The molecule has 0 atom stereocenters. The molecule has 2 aromatic rings. The third kappa shape index (κ3) is 2.27. The molecule has 4 heteroatoms. The first-order chi connectivity index (χ1) is 8.65. The van der Waals surface area contributed by atoms with Gasteiger partial charge in [-0.15, -0.1) is 0 Å². The molecule has 0 aliphatic rings. The molecule has 1 heterocycles. The molecular weight excluding hydrogens is 226 g/mol. The Balaban J connectivity index is 2.48. The van der Waals surface area contributed by atoms with Crippen molar-refractivity contribution in [2.24, 2.45) is 0 Å². The van der Waals surface area contributed by atoms with E-state index >= 15 is 0 Å². The number of aromatic nitrogens is 2. The number of nitrogens with two attached hydrogens (primary N) is 1. The maximum atomic E-state index is 11.5. The molecule has 1 aromatic carbocycles. The summed E-state index contributed by atoms with van der Waals surface area (Å²) in [5.41, 5.74) is 9.49. The molecule has 0 fully saturated rings. The zero-order valence-electron chi connectivity index (χ0n) is 10.7. The summed E-state index contributed by atoms with van der Waals surface area (Å²) < 4.78 is 1.44. The van der Waals surface area contributed by atoms with Crippen molar-refractivity contribution in [2.45, 2.75) is 26.8 Å². The number of anilines is 1. The van der Waals surface area contributed by atoms with Crippen LogP contribution in [0.1, 0.15) is 19.4 Å². The molecule has 0 saturated heterocycles. The molecule has 2 rings (SSSR count). The second-order valence-corrected chi connectivity index (χ2v) is 4.14. The highest BCUT2D eigenvalue weighted by Gasteiger charge is 2.04. The zero-order chi connectivity index (χ0) is 13.1. The van der Waals surface area contributed by atoms with Crippen molar-refractivity contribution in [1.29, 1.82) is 0 Å². The number of hydrogen-bond acceptors (Lipinski definition) is 3. The maximum absolute atomic E-state index is 11.5. The van der Waals surface area contributed by atoms with Crippen molar-refractivity contribution in [2.75, 3.05) is 5.73 Å². The SMILES string of the molecule is CCc1ccc(-c2ccc(=O)n(CC)n2)cc1N.